The number of aliphatic imine (C=N–C) groups is 1. The average Bonchev–Trinajstić information content (AvgIpc) is 3.00. The Bertz CT molecular complexity index is 318. The number of nitrogens with one attached hydrogen (secondary N) is 1. The summed E-state index contributed by atoms with van der Waals surface area (Å²) in [5.41, 5.74) is 0. The first-order valence-electron chi connectivity index (χ1n) is 8.79. The predicted octanol–water partition coefficient (Wildman–Crippen LogP) is 1.90. The van der Waals surface area contributed by atoms with Gasteiger partial charge in [-0.1, -0.05) is 26.7 Å². The molecule has 0 aromatic rings. The number of rotatable bonds is 9. The lowest BCUT2D eigenvalue weighted by atomic mass is 9.87. The molecule has 1 atom stereocenters. The Hall–Kier alpha value is -0.810. The smallest absolute Gasteiger partial charge is 0.193 e. The molecule has 1 aliphatic heterocycles. The van der Waals surface area contributed by atoms with E-state index in [1.54, 1.807) is 7.11 Å². The summed E-state index contributed by atoms with van der Waals surface area (Å²) in [5.74, 6) is 2.76. The Balaban J connectivity index is 2.33. The van der Waals surface area contributed by atoms with Gasteiger partial charge in [0.1, 0.15) is 0 Å². The quantitative estimate of drug-likeness (QED) is 0.521. The maximum atomic E-state index is 5.10. The van der Waals surface area contributed by atoms with Gasteiger partial charge in [-0.2, -0.15) is 0 Å². The SMILES string of the molecule is CCC(CC)C1CCN(C(=NC)NCCN(C)CCOC)C1. The summed E-state index contributed by atoms with van der Waals surface area (Å²) in [6.45, 7) is 10.6. The maximum Gasteiger partial charge on any atom is 0.193 e. The summed E-state index contributed by atoms with van der Waals surface area (Å²) in [7, 11) is 5.77. The van der Waals surface area contributed by atoms with Crippen LogP contribution in [-0.4, -0.2) is 76.3 Å². The molecule has 0 aliphatic carbocycles. The fourth-order valence-corrected chi connectivity index (χ4v) is 3.37. The van der Waals surface area contributed by atoms with Gasteiger partial charge >= 0.3 is 0 Å². The van der Waals surface area contributed by atoms with Gasteiger partial charge in [0, 0.05) is 46.9 Å². The molecule has 1 unspecified atom stereocenters. The zero-order valence-corrected chi connectivity index (χ0v) is 15.3. The highest BCUT2D eigenvalue weighted by Crippen LogP contribution is 2.28. The number of hydrogen-bond donors (Lipinski definition) is 1. The van der Waals surface area contributed by atoms with Crippen molar-refractivity contribution in [2.24, 2.45) is 16.8 Å². The van der Waals surface area contributed by atoms with E-state index in [1.165, 1.54) is 19.3 Å². The minimum absolute atomic E-state index is 0.786. The van der Waals surface area contributed by atoms with Crippen molar-refractivity contribution < 1.29 is 4.74 Å². The van der Waals surface area contributed by atoms with Crippen LogP contribution >= 0.6 is 0 Å². The lowest BCUT2D eigenvalue weighted by molar-refractivity contribution is 0.162. The molecular weight excluding hydrogens is 276 g/mol. The van der Waals surface area contributed by atoms with Crippen LogP contribution in [0.2, 0.25) is 0 Å². The molecule has 1 aliphatic rings. The number of methoxy groups -OCH3 is 1. The van der Waals surface area contributed by atoms with Crippen molar-refractivity contribution in [1.82, 2.24) is 15.1 Å². The van der Waals surface area contributed by atoms with E-state index in [9.17, 15) is 0 Å². The molecular formula is C17H36N4O. The normalized spacial score (nSPS) is 19.5. The van der Waals surface area contributed by atoms with E-state index in [-0.39, 0.29) is 0 Å². The van der Waals surface area contributed by atoms with Crippen LogP contribution in [0.1, 0.15) is 33.1 Å². The van der Waals surface area contributed by atoms with Crippen LogP contribution in [0.15, 0.2) is 4.99 Å². The third kappa shape index (κ3) is 6.13. The van der Waals surface area contributed by atoms with Crippen molar-refractivity contribution in [2.75, 3.05) is 60.5 Å². The highest BCUT2D eigenvalue weighted by Gasteiger charge is 2.29. The van der Waals surface area contributed by atoms with E-state index in [1.807, 2.05) is 7.05 Å². The van der Waals surface area contributed by atoms with Crippen LogP contribution in [0.5, 0.6) is 0 Å². The second-order valence-electron chi connectivity index (χ2n) is 6.34. The topological polar surface area (TPSA) is 40.1 Å². The lowest BCUT2D eigenvalue weighted by Gasteiger charge is -2.25. The molecule has 1 saturated heterocycles. The highest BCUT2D eigenvalue weighted by molar-refractivity contribution is 5.80. The first-order chi connectivity index (χ1) is 10.7. The molecule has 5 heteroatoms. The van der Waals surface area contributed by atoms with E-state index in [4.69, 9.17) is 4.74 Å². The van der Waals surface area contributed by atoms with E-state index >= 15 is 0 Å². The summed E-state index contributed by atoms with van der Waals surface area (Å²) >= 11 is 0. The Kier molecular flexibility index (Phi) is 9.48. The van der Waals surface area contributed by atoms with E-state index in [0.29, 0.717) is 0 Å². The van der Waals surface area contributed by atoms with Crippen molar-refractivity contribution in [2.45, 2.75) is 33.1 Å². The lowest BCUT2D eigenvalue weighted by Crippen LogP contribution is -2.43. The van der Waals surface area contributed by atoms with Crippen LogP contribution in [0.3, 0.4) is 0 Å². The Morgan fingerprint density at radius 3 is 2.68 bits per heavy atom. The maximum absolute atomic E-state index is 5.10. The van der Waals surface area contributed by atoms with Crippen LogP contribution in [0, 0.1) is 11.8 Å². The third-order valence-electron chi connectivity index (χ3n) is 4.91. The second-order valence-corrected chi connectivity index (χ2v) is 6.34. The van der Waals surface area contributed by atoms with Crippen molar-refractivity contribution in [3.05, 3.63) is 0 Å². The molecule has 5 nitrogen and oxygen atoms in total. The van der Waals surface area contributed by atoms with Crippen LogP contribution in [-0.2, 0) is 4.74 Å². The molecule has 1 fully saturated rings. The number of ether oxygens (including phenoxy) is 1. The fraction of sp³-hybridized carbons (Fsp3) is 0.941. The Labute approximate surface area is 137 Å². The molecule has 0 aromatic carbocycles. The van der Waals surface area contributed by atoms with Gasteiger partial charge < -0.3 is 19.9 Å². The first kappa shape index (κ1) is 19.2. The monoisotopic (exact) mass is 312 g/mol. The molecule has 0 amide bonds. The van der Waals surface area contributed by atoms with Gasteiger partial charge in [0.15, 0.2) is 5.96 Å². The van der Waals surface area contributed by atoms with Gasteiger partial charge in [-0.3, -0.25) is 4.99 Å². The summed E-state index contributed by atoms with van der Waals surface area (Å²) in [6.07, 6.45) is 3.90. The Morgan fingerprint density at radius 2 is 2.09 bits per heavy atom. The molecule has 0 spiro atoms. The summed E-state index contributed by atoms with van der Waals surface area (Å²) < 4.78 is 5.10. The van der Waals surface area contributed by atoms with Gasteiger partial charge in [-0.25, -0.2) is 0 Å². The number of hydrogen-bond acceptors (Lipinski definition) is 3. The molecule has 1 heterocycles. The van der Waals surface area contributed by atoms with Crippen LogP contribution < -0.4 is 5.32 Å². The molecule has 22 heavy (non-hydrogen) atoms. The van der Waals surface area contributed by atoms with E-state index < -0.39 is 0 Å². The number of likely N-dealkylation sites (tertiary alicyclic amines) is 1. The van der Waals surface area contributed by atoms with E-state index in [2.05, 4.69) is 41.0 Å². The van der Waals surface area contributed by atoms with Gasteiger partial charge in [-0.15, -0.1) is 0 Å². The minimum Gasteiger partial charge on any atom is -0.383 e. The van der Waals surface area contributed by atoms with Gasteiger partial charge in [0.25, 0.3) is 0 Å². The minimum atomic E-state index is 0.786. The van der Waals surface area contributed by atoms with Crippen molar-refractivity contribution in [1.29, 1.82) is 0 Å². The first-order valence-corrected chi connectivity index (χ1v) is 8.79. The summed E-state index contributed by atoms with van der Waals surface area (Å²) in [5, 5.41) is 3.51. The molecule has 0 saturated carbocycles. The fourth-order valence-electron chi connectivity index (χ4n) is 3.37. The molecule has 1 N–H and O–H groups in total. The zero-order valence-electron chi connectivity index (χ0n) is 15.3. The van der Waals surface area contributed by atoms with Gasteiger partial charge in [0.2, 0.25) is 0 Å². The number of nitrogens with zero attached hydrogens (tertiary/aromatic N) is 3. The molecule has 1 rings (SSSR count). The Morgan fingerprint density at radius 1 is 1.36 bits per heavy atom. The molecule has 0 radical (unpaired) electrons. The van der Waals surface area contributed by atoms with Crippen molar-refractivity contribution >= 4 is 5.96 Å². The molecule has 130 valence electrons. The molecule has 0 bridgehead atoms. The standard InChI is InChI=1S/C17H36N4O/c1-6-15(7-2)16-8-10-21(14-16)17(18-3)19-9-11-20(4)12-13-22-5/h15-16H,6-14H2,1-5H3,(H,18,19). The average molecular weight is 313 g/mol. The van der Waals surface area contributed by atoms with Crippen molar-refractivity contribution in [3.8, 4) is 0 Å². The van der Waals surface area contributed by atoms with Crippen molar-refractivity contribution in [3.63, 3.8) is 0 Å². The van der Waals surface area contributed by atoms with Crippen LogP contribution in [0.4, 0.5) is 0 Å². The number of guanidine groups is 1. The third-order valence-corrected chi connectivity index (χ3v) is 4.91. The zero-order chi connectivity index (χ0) is 16.4. The summed E-state index contributed by atoms with van der Waals surface area (Å²) in [6, 6.07) is 0. The second kappa shape index (κ2) is 10.8. The predicted molar refractivity (Wildman–Crippen MR) is 94.5 cm³/mol. The van der Waals surface area contributed by atoms with Gasteiger partial charge in [-0.05, 0) is 25.3 Å². The van der Waals surface area contributed by atoms with E-state index in [0.717, 1.165) is 57.1 Å². The number of likely N-dealkylation sites (N-methyl/N-ethyl adjacent to an activating group) is 1. The summed E-state index contributed by atoms with van der Waals surface area (Å²) in [4.78, 5) is 9.17. The van der Waals surface area contributed by atoms with Gasteiger partial charge in [0.05, 0.1) is 6.61 Å². The largest absolute Gasteiger partial charge is 0.383 e. The van der Waals surface area contributed by atoms with Crippen LogP contribution in [0.25, 0.3) is 0 Å². The molecule has 0 aromatic heterocycles. The highest BCUT2D eigenvalue weighted by atomic mass is 16.5.